The van der Waals surface area contributed by atoms with Crippen LogP contribution in [0.4, 0.5) is 0 Å². The minimum Gasteiger partial charge on any atom is -0.462 e. The van der Waals surface area contributed by atoms with Crippen LogP contribution >= 0.6 is 11.6 Å². The number of rotatable bonds is 5. The molecule has 0 spiro atoms. The quantitative estimate of drug-likeness (QED) is 0.809. The Kier molecular flexibility index (Phi) is 5.42. The van der Waals surface area contributed by atoms with E-state index in [1.807, 2.05) is 39.8 Å². The molecule has 0 aliphatic rings. The van der Waals surface area contributed by atoms with Gasteiger partial charge in [-0.25, -0.2) is 0 Å². The number of halogens is 1. The summed E-state index contributed by atoms with van der Waals surface area (Å²) >= 11 is 6.05. The first-order valence-electron chi connectivity index (χ1n) is 7.69. The Hall–Kier alpha value is -1.88. The van der Waals surface area contributed by atoms with Gasteiger partial charge in [-0.05, 0) is 24.0 Å². The van der Waals surface area contributed by atoms with Crippen molar-refractivity contribution in [3.8, 4) is 17.4 Å². The van der Waals surface area contributed by atoms with Crippen LogP contribution in [0.5, 0.6) is 6.01 Å². The molecule has 0 atom stereocenters. The number of benzene rings is 1. The Labute approximate surface area is 141 Å². The predicted molar refractivity (Wildman–Crippen MR) is 91.0 cm³/mol. The standard InChI is InChI=1S/C17H22ClN3O2/c1-5-9-23-16-19-15(12-7-6-8-13(18)10-12)21(20-16)14(22)11-17(2,3)4/h6-8,10H,5,9,11H2,1-4H3. The summed E-state index contributed by atoms with van der Waals surface area (Å²) in [4.78, 5) is 17.0. The number of aromatic nitrogens is 3. The van der Waals surface area contributed by atoms with Gasteiger partial charge in [0.05, 0.1) is 6.61 Å². The lowest BCUT2D eigenvalue weighted by Gasteiger charge is -2.16. The minimum atomic E-state index is -0.140. The minimum absolute atomic E-state index is 0.119. The fourth-order valence-corrected chi connectivity index (χ4v) is 2.25. The predicted octanol–water partition coefficient (Wildman–Crippen LogP) is 4.46. The van der Waals surface area contributed by atoms with Crippen molar-refractivity contribution in [3.63, 3.8) is 0 Å². The van der Waals surface area contributed by atoms with Gasteiger partial charge in [0.25, 0.3) is 0 Å². The van der Waals surface area contributed by atoms with Crippen LogP contribution in [0.2, 0.25) is 5.02 Å². The monoisotopic (exact) mass is 335 g/mol. The van der Waals surface area contributed by atoms with Gasteiger partial charge in [0.15, 0.2) is 5.82 Å². The Bertz CT molecular complexity index is 689. The molecule has 0 aliphatic heterocycles. The highest BCUT2D eigenvalue weighted by Crippen LogP contribution is 2.26. The summed E-state index contributed by atoms with van der Waals surface area (Å²) in [7, 11) is 0. The molecule has 0 saturated heterocycles. The van der Waals surface area contributed by atoms with Gasteiger partial charge in [0.2, 0.25) is 5.91 Å². The zero-order chi connectivity index (χ0) is 17.0. The van der Waals surface area contributed by atoms with Crippen molar-refractivity contribution in [1.29, 1.82) is 0 Å². The molecule has 1 aromatic carbocycles. The average molecular weight is 336 g/mol. The molecule has 0 fully saturated rings. The van der Waals surface area contributed by atoms with Crippen molar-refractivity contribution in [2.45, 2.75) is 40.5 Å². The molecule has 2 rings (SSSR count). The van der Waals surface area contributed by atoms with E-state index in [2.05, 4.69) is 10.1 Å². The van der Waals surface area contributed by atoms with Crippen molar-refractivity contribution in [2.24, 2.45) is 5.41 Å². The highest BCUT2D eigenvalue weighted by molar-refractivity contribution is 6.30. The summed E-state index contributed by atoms with van der Waals surface area (Å²) in [5.74, 6) is 0.333. The zero-order valence-electron chi connectivity index (χ0n) is 14.0. The van der Waals surface area contributed by atoms with Crippen LogP contribution < -0.4 is 4.74 Å². The van der Waals surface area contributed by atoms with Gasteiger partial charge >= 0.3 is 6.01 Å². The van der Waals surface area contributed by atoms with Crippen LogP contribution in [-0.4, -0.2) is 27.3 Å². The third kappa shape index (κ3) is 4.79. The Morgan fingerprint density at radius 1 is 1.35 bits per heavy atom. The topological polar surface area (TPSA) is 57.0 Å². The second kappa shape index (κ2) is 7.13. The molecular formula is C17H22ClN3O2. The van der Waals surface area contributed by atoms with E-state index in [0.717, 1.165) is 12.0 Å². The van der Waals surface area contributed by atoms with Gasteiger partial charge in [0.1, 0.15) is 0 Å². The molecule has 124 valence electrons. The number of ether oxygens (including phenoxy) is 1. The second-order valence-corrected chi connectivity index (χ2v) is 7.06. The van der Waals surface area contributed by atoms with Gasteiger partial charge in [-0.1, -0.05) is 51.4 Å². The lowest BCUT2D eigenvalue weighted by atomic mass is 9.92. The Morgan fingerprint density at radius 2 is 2.09 bits per heavy atom. The summed E-state index contributed by atoms with van der Waals surface area (Å²) in [6.07, 6.45) is 1.20. The first kappa shape index (κ1) is 17.5. The first-order valence-corrected chi connectivity index (χ1v) is 8.07. The number of carbonyl (C=O) groups is 1. The van der Waals surface area contributed by atoms with E-state index in [1.54, 1.807) is 12.1 Å². The SMILES string of the molecule is CCCOc1nc(-c2cccc(Cl)c2)n(C(=O)CC(C)(C)C)n1. The van der Waals surface area contributed by atoms with E-state index in [4.69, 9.17) is 16.3 Å². The Morgan fingerprint density at radius 3 is 2.70 bits per heavy atom. The van der Waals surface area contributed by atoms with Crippen molar-refractivity contribution in [3.05, 3.63) is 29.3 Å². The molecule has 0 saturated carbocycles. The van der Waals surface area contributed by atoms with Crippen LogP contribution in [0.25, 0.3) is 11.4 Å². The third-order valence-electron chi connectivity index (χ3n) is 3.02. The molecular weight excluding hydrogens is 314 g/mol. The maximum atomic E-state index is 12.6. The molecule has 23 heavy (non-hydrogen) atoms. The van der Waals surface area contributed by atoms with Crippen LogP contribution in [0.15, 0.2) is 24.3 Å². The molecule has 2 aromatic rings. The molecule has 0 N–H and O–H groups in total. The average Bonchev–Trinajstić information content (AvgIpc) is 2.87. The number of carbonyl (C=O) groups excluding carboxylic acids is 1. The van der Waals surface area contributed by atoms with Gasteiger partial charge < -0.3 is 4.74 Å². The second-order valence-electron chi connectivity index (χ2n) is 6.62. The van der Waals surface area contributed by atoms with Crippen LogP contribution in [0.1, 0.15) is 45.3 Å². The summed E-state index contributed by atoms with van der Waals surface area (Å²) < 4.78 is 6.80. The van der Waals surface area contributed by atoms with E-state index in [-0.39, 0.29) is 17.3 Å². The summed E-state index contributed by atoms with van der Waals surface area (Å²) in [6, 6.07) is 7.41. The molecule has 5 nitrogen and oxygen atoms in total. The lowest BCUT2D eigenvalue weighted by Crippen LogP contribution is -2.21. The van der Waals surface area contributed by atoms with Gasteiger partial charge in [-0.3, -0.25) is 4.79 Å². The summed E-state index contributed by atoms with van der Waals surface area (Å²) in [5.41, 5.74) is 0.595. The van der Waals surface area contributed by atoms with Crippen LogP contribution in [-0.2, 0) is 0 Å². The largest absolute Gasteiger partial charge is 0.462 e. The van der Waals surface area contributed by atoms with Gasteiger partial charge in [-0.15, -0.1) is 5.10 Å². The molecule has 6 heteroatoms. The highest BCUT2D eigenvalue weighted by atomic mass is 35.5. The maximum Gasteiger partial charge on any atom is 0.336 e. The number of hydrogen-bond donors (Lipinski definition) is 0. The highest BCUT2D eigenvalue weighted by Gasteiger charge is 2.23. The zero-order valence-corrected chi connectivity index (χ0v) is 14.7. The molecule has 0 amide bonds. The van der Waals surface area contributed by atoms with E-state index in [9.17, 15) is 4.79 Å². The fraction of sp³-hybridized carbons (Fsp3) is 0.471. The van der Waals surface area contributed by atoms with Crippen molar-refractivity contribution in [1.82, 2.24) is 14.8 Å². The van der Waals surface area contributed by atoms with Crippen molar-refractivity contribution < 1.29 is 9.53 Å². The van der Waals surface area contributed by atoms with Crippen molar-refractivity contribution in [2.75, 3.05) is 6.61 Å². The van der Waals surface area contributed by atoms with E-state index in [0.29, 0.717) is 23.9 Å². The van der Waals surface area contributed by atoms with Gasteiger partial charge in [0, 0.05) is 17.0 Å². The van der Waals surface area contributed by atoms with E-state index in [1.165, 1.54) is 4.68 Å². The maximum absolute atomic E-state index is 12.6. The molecule has 0 aliphatic carbocycles. The third-order valence-corrected chi connectivity index (χ3v) is 3.26. The summed E-state index contributed by atoms with van der Waals surface area (Å²) in [5, 5.41) is 4.81. The van der Waals surface area contributed by atoms with Crippen LogP contribution in [0.3, 0.4) is 0 Å². The summed E-state index contributed by atoms with van der Waals surface area (Å²) in [6.45, 7) is 8.53. The number of nitrogens with zero attached hydrogens (tertiary/aromatic N) is 3. The Balaban J connectivity index is 2.42. The van der Waals surface area contributed by atoms with E-state index < -0.39 is 0 Å². The smallest absolute Gasteiger partial charge is 0.336 e. The van der Waals surface area contributed by atoms with Crippen molar-refractivity contribution >= 4 is 17.5 Å². The molecule has 1 aromatic heterocycles. The normalized spacial score (nSPS) is 11.5. The molecule has 1 heterocycles. The molecule has 0 bridgehead atoms. The first-order chi connectivity index (χ1) is 10.8. The fourth-order valence-electron chi connectivity index (χ4n) is 2.06. The number of hydrogen-bond acceptors (Lipinski definition) is 4. The molecule has 0 radical (unpaired) electrons. The molecule has 0 unspecified atom stereocenters. The van der Waals surface area contributed by atoms with E-state index >= 15 is 0 Å². The lowest BCUT2D eigenvalue weighted by molar-refractivity contribution is 0.0840. The van der Waals surface area contributed by atoms with Crippen LogP contribution in [0, 0.1) is 5.41 Å². The van der Waals surface area contributed by atoms with Gasteiger partial charge in [-0.2, -0.15) is 9.67 Å².